The van der Waals surface area contributed by atoms with Crippen LogP contribution >= 0.6 is 0 Å². The standard InChI is InChI=1S/C14H27N3O/c1-3-7-16-14(13(15)18,12-4-5-12)10-17-8-6-11(2)9-17/h11-12,16H,3-10H2,1-2H3,(H2,15,18). The maximum atomic E-state index is 12.0. The van der Waals surface area contributed by atoms with Gasteiger partial charge in [-0.15, -0.1) is 0 Å². The van der Waals surface area contributed by atoms with Gasteiger partial charge in [-0.05, 0) is 50.6 Å². The third-order valence-corrected chi connectivity index (χ3v) is 4.39. The van der Waals surface area contributed by atoms with Crippen molar-refractivity contribution >= 4 is 5.91 Å². The van der Waals surface area contributed by atoms with Crippen LogP contribution in [0.2, 0.25) is 0 Å². The van der Waals surface area contributed by atoms with Crippen LogP contribution in [0.1, 0.15) is 39.5 Å². The van der Waals surface area contributed by atoms with Gasteiger partial charge in [-0.25, -0.2) is 0 Å². The molecule has 0 spiro atoms. The predicted octanol–water partition coefficient (Wildman–Crippen LogP) is 0.962. The smallest absolute Gasteiger partial charge is 0.239 e. The average Bonchev–Trinajstić information content (AvgIpc) is 3.09. The molecule has 4 nitrogen and oxygen atoms in total. The van der Waals surface area contributed by atoms with E-state index in [9.17, 15) is 4.79 Å². The molecule has 0 aromatic heterocycles. The predicted molar refractivity (Wildman–Crippen MR) is 73.2 cm³/mol. The first-order chi connectivity index (χ1) is 8.58. The van der Waals surface area contributed by atoms with E-state index < -0.39 is 5.54 Å². The number of nitrogens with two attached hydrogens (primary N) is 1. The van der Waals surface area contributed by atoms with Crippen molar-refractivity contribution in [1.82, 2.24) is 10.2 Å². The fourth-order valence-electron chi connectivity index (χ4n) is 3.14. The zero-order valence-corrected chi connectivity index (χ0v) is 11.7. The third kappa shape index (κ3) is 2.86. The van der Waals surface area contributed by atoms with Gasteiger partial charge in [-0.2, -0.15) is 0 Å². The summed E-state index contributed by atoms with van der Waals surface area (Å²) in [6.07, 6.45) is 4.57. The van der Waals surface area contributed by atoms with Gasteiger partial charge >= 0.3 is 0 Å². The second kappa shape index (κ2) is 5.57. The summed E-state index contributed by atoms with van der Waals surface area (Å²) in [6.45, 7) is 8.30. The molecule has 2 unspecified atom stereocenters. The van der Waals surface area contributed by atoms with Crippen LogP contribution in [-0.4, -0.2) is 42.5 Å². The number of amides is 1. The van der Waals surface area contributed by atoms with E-state index in [0.29, 0.717) is 5.92 Å². The van der Waals surface area contributed by atoms with Crippen LogP contribution in [0, 0.1) is 11.8 Å². The SMILES string of the molecule is CCCNC(CN1CCC(C)C1)(C(N)=O)C1CC1. The van der Waals surface area contributed by atoms with Gasteiger partial charge < -0.3 is 16.0 Å². The van der Waals surface area contributed by atoms with E-state index in [1.165, 1.54) is 6.42 Å². The van der Waals surface area contributed by atoms with Gasteiger partial charge in [0.25, 0.3) is 0 Å². The van der Waals surface area contributed by atoms with Gasteiger partial charge in [0, 0.05) is 13.1 Å². The number of likely N-dealkylation sites (tertiary alicyclic amines) is 1. The molecule has 0 bridgehead atoms. The molecule has 0 aromatic carbocycles. The second-order valence-electron chi connectivity index (χ2n) is 6.17. The summed E-state index contributed by atoms with van der Waals surface area (Å²) in [5.41, 5.74) is 5.27. The van der Waals surface area contributed by atoms with E-state index in [4.69, 9.17) is 5.73 Å². The topological polar surface area (TPSA) is 58.4 Å². The van der Waals surface area contributed by atoms with Crippen molar-refractivity contribution in [2.24, 2.45) is 17.6 Å². The molecule has 2 rings (SSSR count). The van der Waals surface area contributed by atoms with Crippen LogP contribution in [0.3, 0.4) is 0 Å². The average molecular weight is 253 g/mol. The minimum atomic E-state index is -0.472. The normalized spacial score (nSPS) is 28.2. The highest BCUT2D eigenvalue weighted by molar-refractivity contribution is 5.86. The maximum Gasteiger partial charge on any atom is 0.239 e. The molecule has 0 radical (unpaired) electrons. The molecule has 2 atom stereocenters. The van der Waals surface area contributed by atoms with Crippen LogP contribution in [-0.2, 0) is 4.79 Å². The van der Waals surface area contributed by atoms with Crippen molar-refractivity contribution in [3.63, 3.8) is 0 Å². The molecular formula is C14H27N3O. The minimum Gasteiger partial charge on any atom is -0.368 e. The third-order valence-electron chi connectivity index (χ3n) is 4.39. The Hall–Kier alpha value is -0.610. The number of hydrogen-bond donors (Lipinski definition) is 2. The first-order valence-corrected chi connectivity index (χ1v) is 7.35. The lowest BCUT2D eigenvalue weighted by atomic mass is 9.91. The summed E-state index contributed by atoms with van der Waals surface area (Å²) in [5.74, 6) is 1.05. The minimum absolute atomic E-state index is 0.155. The highest BCUT2D eigenvalue weighted by Gasteiger charge is 2.50. The fourth-order valence-corrected chi connectivity index (χ4v) is 3.14. The van der Waals surface area contributed by atoms with Crippen molar-refractivity contribution in [1.29, 1.82) is 0 Å². The van der Waals surface area contributed by atoms with E-state index >= 15 is 0 Å². The van der Waals surface area contributed by atoms with Crippen LogP contribution in [0.4, 0.5) is 0 Å². The van der Waals surface area contributed by atoms with Crippen LogP contribution in [0.15, 0.2) is 0 Å². The molecule has 1 saturated heterocycles. The van der Waals surface area contributed by atoms with Crippen molar-refractivity contribution in [3.8, 4) is 0 Å². The van der Waals surface area contributed by atoms with E-state index in [0.717, 1.165) is 51.4 Å². The highest BCUT2D eigenvalue weighted by Crippen LogP contribution is 2.40. The Morgan fingerprint density at radius 3 is 2.61 bits per heavy atom. The van der Waals surface area contributed by atoms with Gasteiger partial charge in [-0.1, -0.05) is 13.8 Å². The van der Waals surface area contributed by atoms with Gasteiger partial charge in [-0.3, -0.25) is 4.79 Å². The van der Waals surface area contributed by atoms with Crippen LogP contribution in [0.25, 0.3) is 0 Å². The second-order valence-corrected chi connectivity index (χ2v) is 6.17. The number of nitrogens with one attached hydrogen (secondary N) is 1. The fraction of sp³-hybridized carbons (Fsp3) is 0.929. The summed E-state index contributed by atoms with van der Waals surface area (Å²) in [5, 5.41) is 3.47. The molecule has 18 heavy (non-hydrogen) atoms. The molecule has 2 aliphatic rings. The number of carbonyl (C=O) groups excluding carboxylic acids is 1. The Kier molecular flexibility index (Phi) is 4.28. The largest absolute Gasteiger partial charge is 0.368 e. The summed E-state index contributed by atoms with van der Waals surface area (Å²) in [7, 11) is 0. The van der Waals surface area contributed by atoms with E-state index in [2.05, 4.69) is 24.1 Å². The van der Waals surface area contributed by atoms with Crippen molar-refractivity contribution in [2.75, 3.05) is 26.2 Å². The summed E-state index contributed by atoms with van der Waals surface area (Å²) < 4.78 is 0. The highest BCUT2D eigenvalue weighted by atomic mass is 16.1. The zero-order chi connectivity index (χ0) is 13.2. The molecule has 1 heterocycles. The molecular weight excluding hydrogens is 226 g/mol. The summed E-state index contributed by atoms with van der Waals surface area (Å²) in [6, 6.07) is 0. The monoisotopic (exact) mass is 253 g/mol. The quantitative estimate of drug-likeness (QED) is 0.710. The van der Waals surface area contributed by atoms with Crippen molar-refractivity contribution in [2.45, 2.75) is 45.1 Å². The number of hydrogen-bond acceptors (Lipinski definition) is 3. The van der Waals surface area contributed by atoms with Crippen LogP contribution in [0.5, 0.6) is 0 Å². The molecule has 1 amide bonds. The lowest BCUT2D eigenvalue weighted by molar-refractivity contribution is -0.126. The maximum absolute atomic E-state index is 12.0. The molecule has 1 saturated carbocycles. The van der Waals surface area contributed by atoms with Crippen molar-refractivity contribution < 1.29 is 4.79 Å². The summed E-state index contributed by atoms with van der Waals surface area (Å²) >= 11 is 0. The van der Waals surface area contributed by atoms with Crippen molar-refractivity contribution in [3.05, 3.63) is 0 Å². The Bertz CT molecular complexity index is 303. The molecule has 2 fully saturated rings. The van der Waals surface area contributed by atoms with E-state index in [1.807, 2.05) is 0 Å². The Morgan fingerprint density at radius 2 is 2.17 bits per heavy atom. The molecule has 1 aliphatic heterocycles. The van der Waals surface area contributed by atoms with Gasteiger partial charge in [0.1, 0.15) is 5.54 Å². The summed E-state index contributed by atoms with van der Waals surface area (Å²) in [4.78, 5) is 14.4. The van der Waals surface area contributed by atoms with Gasteiger partial charge in [0.05, 0.1) is 0 Å². The van der Waals surface area contributed by atoms with Crippen LogP contribution < -0.4 is 11.1 Å². The molecule has 1 aliphatic carbocycles. The number of rotatable bonds is 7. The lowest BCUT2D eigenvalue weighted by Gasteiger charge is -2.36. The zero-order valence-electron chi connectivity index (χ0n) is 11.7. The molecule has 4 heteroatoms. The Labute approximate surface area is 110 Å². The van der Waals surface area contributed by atoms with Gasteiger partial charge in [0.15, 0.2) is 0 Å². The van der Waals surface area contributed by atoms with E-state index in [-0.39, 0.29) is 5.91 Å². The van der Waals surface area contributed by atoms with E-state index in [1.54, 1.807) is 0 Å². The number of nitrogens with zero attached hydrogens (tertiary/aromatic N) is 1. The van der Waals surface area contributed by atoms with Gasteiger partial charge in [0.2, 0.25) is 5.91 Å². The number of primary amides is 1. The molecule has 0 aromatic rings. The number of carbonyl (C=O) groups is 1. The lowest BCUT2D eigenvalue weighted by Crippen LogP contribution is -2.63. The molecule has 104 valence electrons. The first-order valence-electron chi connectivity index (χ1n) is 7.35. The Morgan fingerprint density at radius 1 is 1.44 bits per heavy atom. The first kappa shape index (κ1) is 13.8. The Balaban J connectivity index is 2.05. The molecule has 3 N–H and O–H groups in total.